The van der Waals surface area contributed by atoms with Crippen molar-refractivity contribution in [2.24, 2.45) is 0 Å². The van der Waals surface area contributed by atoms with Crippen LogP contribution >= 0.6 is 12.6 Å². The van der Waals surface area contributed by atoms with Gasteiger partial charge in [-0.05, 0) is 12.1 Å². The minimum Gasteiger partial charge on any atom is -0.143 e. The molecule has 0 fully saturated rings. The van der Waals surface area contributed by atoms with Crippen LogP contribution < -0.4 is 0 Å². The maximum absolute atomic E-state index is 4.08. The van der Waals surface area contributed by atoms with Gasteiger partial charge in [-0.15, -0.1) is 12.6 Å². The second-order valence-electron chi connectivity index (χ2n) is 1.34. The Morgan fingerprint density at radius 1 is 1.00 bits per heavy atom. The summed E-state index contributed by atoms with van der Waals surface area (Å²) in [6.45, 7) is 0. The summed E-state index contributed by atoms with van der Waals surface area (Å²) in [5, 5.41) is 0. The van der Waals surface area contributed by atoms with Crippen LogP contribution in [0.3, 0.4) is 0 Å². The second kappa shape index (κ2) is 4.68. The van der Waals surface area contributed by atoms with Crippen molar-refractivity contribution in [1.82, 2.24) is 0 Å². The van der Waals surface area contributed by atoms with Crippen LogP contribution in [0.4, 0.5) is 0 Å². The Morgan fingerprint density at radius 2 is 1.50 bits per heavy atom. The molecule has 1 aromatic carbocycles. The van der Waals surface area contributed by atoms with Crippen LogP contribution in [-0.4, -0.2) is 37.7 Å². The summed E-state index contributed by atoms with van der Waals surface area (Å²) in [7, 11) is 0. The summed E-state index contributed by atoms with van der Waals surface area (Å²) < 4.78 is 0. The van der Waals surface area contributed by atoms with Crippen molar-refractivity contribution in [3.8, 4) is 0 Å². The first-order valence-corrected chi connectivity index (χ1v) is 2.58. The molecule has 2 radical (unpaired) electrons. The van der Waals surface area contributed by atoms with E-state index < -0.39 is 0 Å². The van der Waals surface area contributed by atoms with Crippen LogP contribution in [0.5, 0.6) is 0 Å². The normalized spacial score (nSPS) is 7.62. The van der Waals surface area contributed by atoms with E-state index in [0.717, 1.165) is 4.90 Å². The molecule has 0 saturated carbocycles. The predicted molar refractivity (Wildman–Crippen MR) is 39.4 cm³/mol. The molecule has 0 amide bonds. The molecule has 0 saturated heterocycles. The SMILES string of the molecule is Sc1ccccc1.[Ca]. The van der Waals surface area contributed by atoms with Gasteiger partial charge in [0.1, 0.15) is 0 Å². The molecule has 0 unspecified atom stereocenters. The molecule has 0 atom stereocenters. The summed E-state index contributed by atoms with van der Waals surface area (Å²) >= 11 is 4.08. The quantitative estimate of drug-likeness (QED) is 0.421. The fraction of sp³-hybridized carbons (Fsp3) is 0. The van der Waals surface area contributed by atoms with E-state index >= 15 is 0 Å². The van der Waals surface area contributed by atoms with Gasteiger partial charge in [-0.25, -0.2) is 0 Å². The van der Waals surface area contributed by atoms with Gasteiger partial charge in [0.25, 0.3) is 0 Å². The smallest absolute Gasteiger partial charge is 0.00399 e. The Hall–Kier alpha value is 0.830. The summed E-state index contributed by atoms with van der Waals surface area (Å²) in [5.41, 5.74) is 0. The number of thiol groups is 1. The third-order valence-corrected chi connectivity index (χ3v) is 1.05. The van der Waals surface area contributed by atoms with Gasteiger partial charge in [0, 0.05) is 42.6 Å². The minimum absolute atomic E-state index is 0. The number of rotatable bonds is 0. The Balaban J connectivity index is 0.000000490. The summed E-state index contributed by atoms with van der Waals surface area (Å²) in [5.74, 6) is 0. The van der Waals surface area contributed by atoms with Gasteiger partial charge in [0.2, 0.25) is 0 Å². The zero-order chi connectivity index (χ0) is 5.11. The Kier molecular flexibility index (Phi) is 5.17. The molecular formula is C6H6CaS. The molecule has 1 aromatic rings. The van der Waals surface area contributed by atoms with Crippen molar-refractivity contribution in [2.45, 2.75) is 4.90 Å². The molecule has 8 heavy (non-hydrogen) atoms. The van der Waals surface area contributed by atoms with Gasteiger partial charge < -0.3 is 0 Å². The van der Waals surface area contributed by atoms with Crippen molar-refractivity contribution < 1.29 is 0 Å². The van der Waals surface area contributed by atoms with Crippen LogP contribution in [0.25, 0.3) is 0 Å². The van der Waals surface area contributed by atoms with Crippen molar-refractivity contribution in [3.05, 3.63) is 30.3 Å². The van der Waals surface area contributed by atoms with E-state index in [4.69, 9.17) is 0 Å². The maximum Gasteiger partial charge on any atom is 0.00399 e. The van der Waals surface area contributed by atoms with Gasteiger partial charge in [0.05, 0.1) is 0 Å². The van der Waals surface area contributed by atoms with E-state index in [1.807, 2.05) is 30.3 Å². The molecule has 0 nitrogen and oxygen atoms in total. The molecule has 0 aliphatic rings. The van der Waals surface area contributed by atoms with E-state index in [1.165, 1.54) is 0 Å². The first-order valence-electron chi connectivity index (χ1n) is 2.13. The Labute approximate surface area is 84.7 Å². The molecular weight excluding hydrogens is 144 g/mol. The number of hydrogen-bond donors (Lipinski definition) is 1. The fourth-order valence-corrected chi connectivity index (χ4v) is 0.600. The maximum atomic E-state index is 4.08. The molecule has 38 valence electrons. The van der Waals surface area contributed by atoms with Gasteiger partial charge in [0.15, 0.2) is 0 Å². The second-order valence-corrected chi connectivity index (χ2v) is 1.85. The number of benzene rings is 1. The van der Waals surface area contributed by atoms with Crippen molar-refractivity contribution >= 4 is 50.4 Å². The van der Waals surface area contributed by atoms with E-state index in [1.54, 1.807) is 0 Å². The predicted octanol–water partition coefficient (Wildman–Crippen LogP) is 1.59. The molecule has 0 spiro atoms. The fourth-order valence-electron chi connectivity index (χ4n) is 0.428. The summed E-state index contributed by atoms with van der Waals surface area (Å²) in [6.07, 6.45) is 0. The van der Waals surface area contributed by atoms with Crippen LogP contribution in [0, 0.1) is 0 Å². The van der Waals surface area contributed by atoms with Gasteiger partial charge in [-0.3, -0.25) is 0 Å². The average molecular weight is 150 g/mol. The first-order chi connectivity index (χ1) is 3.39. The van der Waals surface area contributed by atoms with Gasteiger partial charge in [-0.2, -0.15) is 0 Å². The average Bonchev–Trinajstić information content (AvgIpc) is 1.69. The van der Waals surface area contributed by atoms with Gasteiger partial charge in [-0.1, -0.05) is 18.2 Å². The standard InChI is InChI=1S/C6H6S.Ca/c7-6-4-2-1-3-5-6;/h1-5,7H;. The molecule has 0 aromatic heterocycles. The molecule has 0 N–H and O–H groups in total. The topological polar surface area (TPSA) is 0 Å². The van der Waals surface area contributed by atoms with Crippen molar-refractivity contribution in [3.63, 3.8) is 0 Å². The molecule has 1 rings (SSSR count). The van der Waals surface area contributed by atoms with E-state index in [9.17, 15) is 0 Å². The zero-order valence-electron chi connectivity index (χ0n) is 4.54. The van der Waals surface area contributed by atoms with Crippen LogP contribution in [0.1, 0.15) is 0 Å². The third kappa shape index (κ3) is 2.98. The molecule has 0 heterocycles. The van der Waals surface area contributed by atoms with Crippen molar-refractivity contribution in [1.29, 1.82) is 0 Å². The molecule has 0 aliphatic heterocycles. The van der Waals surface area contributed by atoms with Gasteiger partial charge >= 0.3 is 0 Å². The van der Waals surface area contributed by atoms with E-state index in [0.29, 0.717) is 0 Å². The molecule has 0 aliphatic carbocycles. The van der Waals surface area contributed by atoms with E-state index in [2.05, 4.69) is 12.6 Å². The Bertz CT molecular complexity index is 138. The number of hydrogen-bond acceptors (Lipinski definition) is 1. The monoisotopic (exact) mass is 150 g/mol. The zero-order valence-corrected chi connectivity index (χ0v) is 7.64. The molecule has 2 heteroatoms. The first kappa shape index (κ1) is 8.83. The summed E-state index contributed by atoms with van der Waals surface area (Å²) in [6, 6.07) is 9.79. The van der Waals surface area contributed by atoms with Crippen molar-refractivity contribution in [2.75, 3.05) is 0 Å². The van der Waals surface area contributed by atoms with Crippen LogP contribution in [0.15, 0.2) is 35.2 Å². The minimum atomic E-state index is 0. The van der Waals surface area contributed by atoms with Crippen LogP contribution in [0.2, 0.25) is 0 Å². The van der Waals surface area contributed by atoms with Crippen LogP contribution in [-0.2, 0) is 0 Å². The third-order valence-electron chi connectivity index (χ3n) is 0.756. The largest absolute Gasteiger partial charge is 0.143 e. The molecule has 0 bridgehead atoms. The van der Waals surface area contributed by atoms with E-state index in [-0.39, 0.29) is 37.7 Å². The Morgan fingerprint density at radius 3 is 1.75 bits per heavy atom. The summed E-state index contributed by atoms with van der Waals surface area (Å²) in [4.78, 5) is 1.02.